The molecule has 0 saturated carbocycles. The number of rotatable bonds is 5. The van der Waals surface area contributed by atoms with E-state index in [1.165, 1.54) is 0 Å². The topological polar surface area (TPSA) is 72.7 Å². The second kappa shape index (κ2) is 7.96. The number of nitro groups is 1. The molecule has 32 heavy (non-hydrogen) atoms. The van der Waals surface area contributed by atoms with Crippen LogP contribution in [-0.4, -0.2) is 35.9 Å². The molecule has 0 aromatic heterocycles. The van der Waals surface area contributed by atoms with Gasteiger partial charge in [0.05, 0.1) is 13.0 Å². The Morgan fingerprint density at radius 3 is 2.34 bits per heavy atom. The van der Waals surface area contributed by atoms with Gasteiger partial charge in [0.25, 0.3) is 0 Å². The summed E-state index contributed by atoms with van der Waals surface area (Å²) in [5.41, 5.74) is 3.09. The maximum absolute atomic E-state index is 13.9. The fourth-order valence-electron chi connectivity index (χ4n) is 5.03. The van der Waals surface area contributed by atoms with E-state index in [0.29, 0.717) is 11.3 Å². The normalized spacial score (nSPS) is 23.3. The third kappa shape index (κ3) is 3.15. The number of anilines is 1. The minimum absolute atomic E-state index is 0.138. The van der Waals surface area contributed by atoms with Crippen LogP contribution in [0.1, 0.15) is 27.4 Å². The number of fused-ring (bicyclic) bond motifs is 3. The summed E-state index contributed by atoms with van der Waals surface area (Å²) < 4.78 is 5.23. The second-order valence-electron chi connectivity index (χ2n) is 8.07. The summed E-state index contributed by atoms with van der Waals surface area (Å²) in [6.45, 7) is 0. The van der Waals surface area contributed by atoms with E-state index >= 15 is 0 Å². The fraction of sp³-hybridized carbons (Fsp3) is 0.192. The molecule has 3 aromatic rings. The Kier molecular flexibility index (Phi) is 4.98. The number of hydrogen-bond acceptors (Lipinski definition) is 5. The van der Waals surface area contributed by atoms with Crippen LogP contribution in [0.15, 0.2) is 84.9 Å². The first-order chi connectivity index (χ1) is 15.6. The van der Waals surface area contributed by atoms with E-state index < -0.39 is 24.0 Å². The number of carbonyl (C=O) groups is 1. The van der Waals surface area contributed by atoms with Gasteiger partial charge in [0.1, 0.15) is 17.8 Å². The van der Waals surface area contributed by atoms with E-state index in [9.17, 15) is 14.9 Å². The van der Waals surface area contributed by atoms with E-state index in [-0.39, 0.29) is 10.7 Å². The molecule has 2 aliphatic rings. The zero-order valence-corrected chi connectivity index (χ0v) is 17.5. The number of nitrogens with zero attached hydrogens (tertiary/aromatic N) is 2. The Bertz CT molecular complexity index is 1190. The Morgan fingerprint density at radius 2 is 1.66 bits per heavy atom. The Balaban J connectivity index is 1.69. The monoisotopic (exact) mass is 426 g/mol. The maximum Gasteiger partial charge on any atom is 0.245 e. The Labute approximate surface area is 185 Å². The zero-order chi connectivity index (χ0) is 22.2. The van der Waals surface area contributed by atoms with Crippen LogP contribution in [0.5, 0.6) is 5.75 Å². The maximum atomic E-state index is 13.9. The molecule has 0 unspecified atom stereocenters. The molecule has 4 atom stereocenters. The molecular formula is C26H22N2O4. The molecule has 0 bridgehead atoms. The molecule has 0 aliphatic carbocycles. The number of methoxy groups -OCH3 is 1. The molecule has 0 N–H and O–H groups in total. The van der Waals surface area contributed by atoms with Gasteiger partial charge in [-0.3, -0.25) is 14.9 Å². The lowest BCUT2D eigenvalue weighted by Crippen LogP contribution is -2.44. The van der Waals surface area contributed by atoms with Crippen LogP contribution in [0.25, 0.3) is 6.08 Å². The SMILES string of the molecule is COc1ccc(C(=O)[C@@H]2[C@H](c3ccccc3)[C@H]([N+](=O)[O-])[C@@H]3C=Cc4ccccc4N23)cc1. The molecule has 5 rings (SSSR count). The molecule has 2 heterocycles. The van der Waals surface area contributed by atoms with Crippen molar-refractivity contribution in [1.29, 1.82) is 0 Å². The highest BCUT2D eigenvalue weighted by Gasteiger charge is 2.58. The van der Waals surface area contributed by atoms with E-state index in [4.69, 9.17) is 4.74 Å². The number of hydrogen-bond donors (Lipinski definition) is 0. The minimum Gasteiger partial charge on any atom is -0.497 e. The third-order valence-electron chi connectivity index (χ3n) is 6.44. The number of benzene rings is 3. The average molecular weight is 426 g/mol. The van der Waals surface area contributed by atoms with Crippen molar-refractivity contribution in [1.82, 2.24) is 0 Å². The number of Topliss-reactive ketones (excluding diaryl/α,β-unsaturated/α-hetero) is 1. The van der Waals surface area contributed by atoms with Crippen LogP contribution < -0.4 is 9.64 Å². The van der Waals surface area contributed by atoms with Gasteiger partial charge in [0.15, 0.2) is 5.78 Å². The number of carbonyl (C=O) groups excluding carboxylic acids is 1. The lowest BCUT2D eigenvalue weighted by atomic mass is 9.84. The van der Waals surface area contributed by atoms with Crippen LogP contribution in [0.2, 0.25) is 0 Å². The van der Waals surface area contributed by atoms with Gasteiger partial charge in [-0.2, -0.15) is 0 Å². The first kappa shape index (κ1) is 20.0. The smallest absolute Gasteiger partial charge is 0.245 e. The predicted octanol–water partition coefficient (Wildman–Crippen LogP) is 4.59. The number of ether oxygens (including phenoxy) is 1. The Hall–Kier alpha value is -3.93. The summed E-state index contributed by atoms with van der Waals surface area (Å²) in [7, 11) is 1.57. The summed E-state index contributed by atoms with van der Waals surface area (Å²) in [6, 6.07) is 21.9. The second-order valence-corrected chi connectivity index (χ2v) is 8.07. The van der Waals surface area contributed by atoms with Gasteiger partial charge in [0, 0.05) is 16.2 Å². The number of ketones is 1. The highest BCUT2D eigenvalue weighted by molar-refractivity contribution is 6.04. The molecule has 1 fully saturated rings. The summed E-state index contributed by atoms with van der Waals surface area (Å²) >= 11 is 0. The Morgan fingerprint density at radius 1 is 0.969 bits per heavy atom. The van der Waals surface area contributed by atoms with Crippen molar-refractivity contribution in [2.24, 2.45) is 0 Å². The van der Waals surface area contributed by atoms with Crippen molar-refractivity contribution < 1.29 is 14.5 Å². The van der Waals surface area contributed by atoms with Crippen molar-refractivity contribution in [3.05, 3.63) is 112 Å². The van der Waals surface area contributed by atoms with E-state index in [0.717, 1.165) is 16.8 Å². The molecule has 3 aromatic carbocycles. The lowest BCUT2D eigenvalue weighted by Gasteiger charge is -2.34. The molecule has 1 saturated heterocycles. The van der Waals surface area contributed by atoms with E-state index in [2.05, 4.69) is 0 Å². The fourth-order valence-corrected chi connectivity index (χ4v) is 5.03. The predicted molar refractivity (Wildman–Crippen MR) is 123 cm³/mol. The van der Waals surface area contributed by atoms with Gasteiger partial charge in [-0.25, -0.2) is 0 Å². The molecule has 2 aliphatic heterocycles. The molecular weight excluding hydrogens is 404 g/mol. The molecule has 6 heteroatoms. The van der Waals surface area contributed by atoms with Gasteiger partial charge in [-0.1, -0.05) is 60.7 Å². The van der Waals surface area contributed by atoms with E-state index in [1.54, 1.807) is 31.4 Å². The van der Waals surface area contributed by atoms with Crippen LogP contribution in [0, 0.1) is 10.1 Å². The highest BCUT2D eigenvalue weighted by atomic mass is 16.6. The zero-order valence-electron chi connectivity index (χ0n) is 17.5. The van der Waals surface area contributed by atoms with E-state index in [1.807, 2.05) is 71.6 Å². The molecule has 0 amide bonds. The third-order valence-corrected chi connectivity index (χ3v) is 6.44. The van der Waals surface area contributed by atoms with Gasteiger partial charge >= 0.3 is 0 Å². The summed E-state index contributed by atoms with van der Waals surface area (Å²) in [4.78, 5) is 28.0. The highest BCUT2D eigenvalue weighted by Crippen LogP contribution is 2.46. The van der Waals surface area contributed by atoms with Crippen molar-refractivity contribution in [3.8, 4) is 5.75 Å². The van der Waals surface area contributed by atoms with Crippen molar-refractivity contribution in [2.75, 3.05) is 12.0 Å². The average Bonchev–Trinajstić information content (AvgIpc) is 3.20. The first-order valence-electron chi connectivity index (χ1n) is 10.5. The van der Waals surface area contributed by atoms with Crippen molar-refractivity contribution in [3.63, 3.8) is 0 Å². The largest absolute Gasteiger partial charge is 0.497 e. The van der Waals surface area contributed by atoms with Crippen LogP contribution >= 0.6 is 0 Å². The van der Waals surface area contributed by atoms with Crippen LogP contribution in [0.3, 0.4) is 0 Å². The van der Waals surface area contributed by atoms with Gasteiger partial charge in [-0.15, -0.1) is 0 Å². The summed E-state index contributed by atoms with van der Waals surface area (Å²) in [5.74, 6) is -0.0811. The summed E-state index contributed by atoms with van der Waals surface area (Å²) in [5, 5.41) is 12.4. The van der Waals surface area contributed by atoms with Gasteiger partial charge in [0.2, 0.25) is 6.04 Å². The quantitative estimate of drug-likeness (QED) is 0.339. The first-order valence-corrected chi connectivity index (χ1v) is 10.5. The molecule has 0 spiro atoms. The lowest BCUT2D eigenvalue weighted by molar-refractivity contribution is -0.524. The van der Waals surface area contributed by atoms with Crippen LogP contribution in [-0.2, 0) is 0 Å². The van der Waals surface area contributed by atoms with Crippen LogP contribution in [0.4, 0.5) is 5.69 Å². The molecule has 6 nitrogen and oxygen atoms in total. The van der Waals surface area contributed by atoms with Gasteiger partial charge in [-0.05, 0) is 41.5 Å². The van der Waals surface area contributed by atoms with Gasteiger partial charge < -0.3 is 9.64 Å². The molecule has 160 valence electrons. The minimum atomic E-state index is -0.950. The standard InChI is InChI=1S/C26H22N2O4/c1-32-20-14-11-19(12-15-20)26(29)25-23(18-8-3-2-4-9-18)24(28(30)31)22-16-13-17-7-5-6-10-21(17)27(22)25/h2-16,22-25H,1H3/t22-,23+,24+,25-/m0/s1. The van der Waals surface area contributed by atoms with Crippen molar-refractivity contribution >= 4 is 17.5 Å². The number of para-hydroxylation sites is 1. The van der Waals surface area contributed by atoms with Crippen molar-refractivity contribution in [2.45, 2.75) is 24.0 Å². The summed E-state index contributed by atoms with van der Waals surface area (Å²) in [6.07, 6.45) is 3.79. The molecule has 0 radical (unpaired) electrons.